The van der Waals surface area contributed by atoms with Crippen molar-refractivity contribution in [2.24, 2.45) is 5.73 Å². The summed E-state index contributed by atoms with van der Waals surface area (Å²) in [4.78, 5) is 17.2. The zero-order valence-electron chi connectivity index (χ0n) is 24.0. The topological polar surface area (TPSA) is 141 Å². The normalized spacial score (nSPS) is 11.4. The number of carbonyl (C=O) groups is 1. The minimum absolute atomic E-state index is 0.180. The van der Waals surface area contributed by atoms with Gasteiger partial charge in [0, 0.05) is 41.1 Å². The molecule has 1 heterocycles. The van der Waals surface area contributed by atoms with Crippen LogP contribution in [0.4, 0.5) is 16.2 Å². The van der Waals surface area contributed by atoms with E-state index in [2.05, 4.69) is 47.1 Å². The number of carboxylic acid groups (broad SMARTS) is 1. The molecule has 222 valence electrons. The predicted octanol–water partition coefficient (Wildman–Crippen LogP) is 6.02. The van der Waals surface area contributed by atoms with Gasteiger partial charge in [0.1, 0.15) is 0 Å². The SMILES string of the molecule is Cc1cc(C)cc(-c2[nH]c3ccc(NC(N)=S)cc3c2CCN(CCCCc2ccc(NS(C)(=O)=O)cc2)C(=O)O)c1. The molecule has 0 aliphatic carbocycles. The van der Waals surface area contributed by atoms with Gasteiger partial charge in [0.05, 0.1) is 6.26 Å². The summed E-state index contributed by atoms with van der Waals surface area (Å²) in [5.41, 5.74) is 14.4. The third-order valence-electron chi connectivity index (χ3n) is 6.99. The number of amides is 1. The number of aromatic amines is 1. The molecule has 0 saturated heterocycles. The first-order valence-corrected chi connectivity index (χ1v) is 16.0. The molecule has 4 rings (SSSR count). The number of H-pyrrole nitrogens is 1. The molecule has 0 saturated carbocycles. The molecule has 0 fully saturated rings. The Morgan fingerprint density at radius 3 is 2.24 bits per heavy atom. The number of hydrogen-bond donors (Lipinski definition) is 5. The van der Waals surface area contributed by atoms with Crippen molar-refractivity contribution in [2.45, 2.75) is 39.5 Å². The molecule has 11 heteroatoms. The van der Waals surface area contributed by atoms with Gasteiger partial charge in [0.15, 0.2) is 5.11 Å². The minimum Gasteiger partial charge on any atom is -0.465 e. The lowest BCUT2D eigenvalue weighted by atomic mass is 9.99. The largest absolute Gasteiger partial charge is 0.465 e. The highest BCUT2D eigenvalue weighted by atomic mass is 32.2. The molecule has 0 atom stereocenters. The third-order valence-corrected chi connectivity index (χ3v) is 7.70. The van der Waals surface area contributed by atoms with Gasteiger partial charge < -0.3 is 26.0 Å². The van der Waals surface area contributed by atoms with Gasteiger partial charge in [-0.25, -0.2) is 13.2 Å². The summed E-state index contributed by atoms with van der Waals surface area (Å²) >= 11 is 5.03. The maximum absolute atomic E-state index is 12.2. The lowest BCUT2D eigenvalue weighted by Crippen LogP contribution is -2.32. The van der Waals surface area contributed by atoms with Gasteiger partial charge in [-0.05, 0) is 111 Å². The summed E-state index contributed by atoms with van der Waals surface area (Å²) in [6, 6.07) is 19.5. The van der Waals surface area contributed by atoms with E-state index >= 15 is 0 Å². The first-order valence-electron chi connectivity index (χ1n) is 13.7. The van der Waals surface area contributed by atoms with Crippen LogP contribution in [0.5, 0.6) is 0 Å². The van der Waals surface area contributed by atoms with E-state index in [-0.39, 0.29) is 5.11 Å². The molecule has 1 aromatic heterocycles. The molecule has 3 aromatic carbocycles. The van der Waals surface area contributed by atoms with Crippen LogP contribution in [0, 0.1) is 13.8 Å². The highest BCUT2D eigenvalue weighted by molar-refractivity contribution is 7.92. The van der Waals surface area contributed by atoms with E-state index < -0.39 is 16.1 Å². The number of aromatic nitrogens is 1. The summed E-state index contributed by atoms with van der Waals surface area (Å²) in [5.74, 6) is 0. The summed E-state index contributed by atoms with van der Waals surface area (Å²) in [6.07, 6.45) is 2.97. The molecule has 0 bridgehead atoms. The zero-order valence-corrected chi connectivity index (χ0v) is 25.7. The van der Waals surface area contributed by atoms with Crippen LogP contribution in [-0.4, -0.2) is 54.0 Å². The predicted molar refractivity (Wildman–Crippen MR) is 175 cm³/mol. The first-order chi connectivity index (χ1) is 19.9. The average Bonchev–Trinajstić information content (AvgIpc) is 3.25. The number of fused-ring (bicyclic) bond motifs is 1. The van der Waals surface area contributed by atoms with Crippen LogP contribution in [0.2, 0.25) is 0 Å². The number of benzene rings is 3. The highest BCUT2D eigenvalue weighted by Gasteiger charge is 2.18. The standard InChI is InChI=1S/C31H37N5O4S2/c1-20-16-21(2)18-23(17-20)29-26(27-19-25(33-30(32)41)11-12-28(27)34-29)13-15-36(31(37)38)14-5-4-6-22-7-9-24(10-8-22)35-42(3,39)40/h7-12,16-19,34-35H,4-6,13-15H2,1-3H3,(H,37,38)(H3,32,33,41). The molecule has 0 unspecified atom stereocenters. The second-order valence-electron chi connectivity index (χ2n) is 10.7. The van der Waals surface area contributed by atoms with E-state index in [1.54, 1.807) is 12.1 Å². The number of nitrogens with two attached hydrogens (primary N) is 1. The monoisotopic (exact) mass is 607 g/mol. The van der Waals surface area contributed by atoms with Gasteiger partial charge in [-0.2, -0.15) is 0 Å². The number of nitrogens with one attached hydrogen (secondary N) is 3. The number of unbranched alkanes of at least 4 members (excludes halogenated alkanes) is 1. The van der Waals surface area contributed by atoms with Crippen molar-refractivity contribution >= 4 is 55.7 Å². The first kappa shape index (κ1) is 30.9. The second-order valence-corrected chi connectivity index (χ2v) is 12.8. The Hall–Kier alpha value is -4.09. The fourth-order valence-corrected chi connectivity index (χ4v) is 5.91. The summed E-state index contributed by atoms with van der Waals surface area (Å²) in [6.45, 7) is 4.89. The Balaban J connectivity index is 1.48. The number of sulfonamides is 1. The number of rotatable bonds is 12. The van der Waals surface area contributed by atoms with Crippen molar-refractivity contribution < 1.29 is 18.3 Å². The van der Waals surface area contributed by atoms with Crippen molar-refractivity contribution in [3.05, 3.63) is 82.9 Å². The van der Waals surface area contributed by atoms with Crippen LogP contribution in [0.25, 0.3) is 22.2 Å². The Morgan fingerprint density at radius 2 is 1.62 bits per heavy atom. The van der Waals surface area contributed by atoms with Crippen LogP contribution in [0.15, 0.2) is 60.7 Å². The lowest BCUT2D eigenvalue weighted by Gasteiger charge is -2.20. The summed E-state index contributed by atoms with van der Waals surface area (Å²) in [7, 11) is -3.32. The van der Waals surface area contributed by atoms with Crippen molar-refractivity contribution in [1.82, 2.24) is 9.88 Å². The fourth-order valence-electron chi connectivity index (χ4n) is 5.23. The molecule has 0 spiro atoms. The maximum atomic E-state index is 12.2. The van der Waals surface area contributed by atoms with Gasteiger partial charge in [-0.1, -0.05) is 29.3 Å². The molecule has 4 aromatic rings. The number of thiocarbonyl (C=S) groups is 1. The zero-order chi connectivity index (χ0) is 30.4. The van der Waals surface area contributed by atoms with Crippen molar-refractivity contribution in [2.75, 3.05) is 29.4 Å². The van der Waals surface area contributed by atoms with E-state index in [1.165, 1.54) is 4.90 Å². The van der Waals surface area contributed by atoms with Crippen LogP contribution < -0.4 is 15.8 Å². The van der Waals surface area contributed by atoms with Gasteiger partial charge in [-0.3, -0.25) is 4.72 Å². The lowest BCUT2D eigenvalue weighted by molar-refractivity contribution is 0.145. The van der Waals surface area contributed by atoms with E-state index in [0.29, 0.717) is 31.6 Å². The number of anilines is 2. The molecule has 9 nitrogen and oxygen atoms in total. The van der Waals surface area contributed by atoms with Crippen LogP contribution in [0.1, 0.15) is 35.1 Å². The molecule has 6 N–H and O–H groups in total. The Morgan fingerprint density at radius 1 is 0.952 bits per heavy atom. The van der Waals surface area contributed by atoms with Crippen molar-refractivity contribution in [3.8, 4) is 11.3 Å². The number of nitrogens with zero attached hydrogens (tertiary/aromatic N) is 1. The van der Waals surface area contributed by atoms with E-state index in [4.69, 9.17) is 18.0 Å². The Labute approximate surface area is 252 Å². The van der Waals surface area contributed by atoms with E-state index in [0.717, 1.165) is 69.2 Å². The van der Waals surface area contributed by atoms with Crippen molar-refractivity contribution in [3.63, 3.8) is 0 Å². The second kappa shape index (κ2) is 13.3. The molecule has 0 aliphatic rings. The van der Waals surface area contributed by atoms with E-state index in [9.17, 15) is 18.3 Å². The molecule has 42 heavy (non-hydrogen) atoms. The van der Waals surface area contributed by atoms with Gasteiger partial charge >= 0.3 is 6.09 Å². The Bertz CT molecular complexity index is 1680. The van der Waals surface area contributed by atoms with Crippen LogP contribution >= 0.6 is 12.2 Å². The highest BCUT2D eigenvalue weighted by Crippen LogP contribution is 2.33. The molecule has 0 radical (unpaired) electrons. The smallest absolute Gasteiger partial charge is 0.407 e. The average molecular weight is 608 g/mol. The quantitative estimate of drug-likeness (QED) is 0.0979. The fraction of sp³-hybridized carbons (Fsp3) is 0.290. The van der Waals surface area contributed by atoms with Crippen LogP contribution in [-0.2, 0) is 22.9 Å². The molecule has 0 aliphatic heterocycles. The number of hydrogen-bond acceptors (Lipinski definition) is 4. The molecule has 1 amide bonds. The van der Waals surface area contributed by atoms with E-state index in [1.807, 2.05) is 30.3 Å². The third kappa shape index (κ3) is 8.46. The van der Waals surface area contributed by atoms with Crippen LogP contribution in [0.3, 0.4) is 0 Å². The minimum atomic E-state index is -3.32. The van der Waals surface area contributed by atoms with Gasteiger partial charge in [0.25, 0.3) is 0 Å². The van der Waals surface area contributed by atoms with Crippen molar-refractivity contribution in [1.29, 1.82) is 0 Å². The molecular formula is C31H37N5O4S2. The number of aryl methyl sites for hydroxylation is 3. The van der Waals surface area contributed by atoms with Gasteiger partial charge in [-0.15, -0.1) is 0 Å². The molecular weight excluding hydrogens is 571 g/mol. The summed E-state index contributed by atoms with van der Waals surface area (Å²) < 4.78 is 25.3. The van der Waals surface area contributed by atoms with Gasteiger partial charge in [0.2, 0.25) is 10.0 Å². The maximum Gasteiger partial charge on any atom is 0.407 e. The Kier molecular flexibility index (Phi) is 9.74. The summed E-state index contributed by atoms with van der Waals surface area (Å²) in [5, 5.41) is 14.1.